The zero-order valence-corrected chi connectivity index (χ0v) is 11.8. The third-order valence-electron chi connectivity index (χ3n) is 3.28. The molecule has 0 amide bonds. The molecule has 2 atom stereocenters. The Balaban J connectivity index is 3.52. The third-order valence-corrected chi connectivity index (χ3v) is 3.28. The molecule has 0 rings (SSSR count). The first-order valence-electron chi connectivity index (χ1n) is 6.91. The number of hydrogen-bond donors (Lipinski definition) is 0. The van der Waals surface area contributed by atoms with Crippen LogP contribution in [0.2, 0.25) is 0 Å². The maximum absolute atomic E-state index is 2.42. The topological polar surface area (TPSA) is 0 Å². The minimum atomic E-state index is 0.874. The smallest absolute Gasteiger partial charge is 0.0440 e. The van der Waals surface area contributed by atoms with Gasteiger partial charge in [0, 0.05) is 0 Å². The van der Waals surface area contributed by atoms with Crippen LogP contribution >= 0.6 is 0 Å². The summed E-state index contributed by atoms with van der Waals surface area (Å²) in [7, 11) is 0. The number of hydrogen-bond acceptors (Lipinski definition) is 0. The van der Waals surface area contributed by atoms with E-state index in [4.69, 9.17) is 0 Å². The highest BCUT2D eigenvalue weighted by Gasteiger charge is 2.10. The fourth-order valence-electron chi connectivity index (χ4n) is 2.16. The highest BCUT2D eigenvalue weighted by molar-refractivity contribution is 4.62. The Morgan fingerprint density at radius 3 is 1.13 bits per heavy atom. The fourth-order valence-corrected chi connectivity index (χ4v) is 2.16. The Morgan fingerprint density at radius 1 is 0.533 bits per heavy atom. The molecule has 0 heteroatoms. The van der Waals surface area contributed by atoms with Gasteiger partial charge in [-0.15, -0.1) is 0 Å². The van der Waals surface area contributed by atoms with E-state index in [-0.39, 0.29) is 0 Å². The van der Waals surface area contributed by atoms with Crippen LogP contribution in [-0.4, -0.2) is 0 Å². The van der Waals surface area contributed by atoms with E-state index < -0.39 is 0 Å². The van der Waals surface area contributed by atoms with Crippen molar-refractivity contribution in [1.29, 1.82) is 0 Å². The number of rotatable bonds is 8. The molecule has 0 aromatic carbocycles. The lowest BCUT2D eigenvalue weighted by Crippen LogP contribution is -2.05. The van der Waals surface area contributed by atoms with Gasteiger partial charge in [-0.05, 0) is 30.1 Å². The maximum atomic E-state index is 2.42. The average molecular weight is 212 g/mol. The maximum Gasteiger partial charge on any atom is -0.0440 e. The summed E-state index contributed by atoms with van der Waals surface area (Å²) in [6.45, 7) is 14.2. The minimum Gasteiger partial charge on any atom is -0.0628 e. The Hall–Kier alpha value is 0. The second-order valence-electron chi connectivity index (χ2n) is 6.39. The third kappa shape index (κ3) is 10.3. The molecule has 0 saturated heterocycles. The van der Waals surface area contributed by atoms with Crippen LogP contribution in [0.1, 0.15) is 73.6 Å². The van der Waals surface area contributed by atoms with Crippen molar-refractivity contribution < 1.29 is 0 Å². The quantitative estimate of drug-likeness (QED) is 0.497. The largest absolute Gasteiger partial charge is 0.0628 e. The van der Waals surface area contributed by atoms with Crippen LogP contribution in [0.4, 0.5) is 0 Å². The molecule has 0 N–H and O–H groups in total. The minimum absolute atomic E-state index is 0.874. The van der Waals surface area contributed by atoms with Gasteiger partial charge in [0.1, 0.15) is 0 Å². The van der Waals surface area contributed by atoms with E-state index in [9.17, 15) is 0 Å². The highest BCUT2D eigenvalue weighted by atomic mass is 14.2. The zero-order chi connectivity index (χ0) is 11.8. The van der Waals surface area contributed by atoms with Gasteiger partial charge in [-0.25, -0.2) is 0 Å². The van der Waals surface area contributed by atoms with Crippen LogP contribution in [0.15, 0.2) is 0 Å². The van der Waals surface area contributed by atoms with Crippen LogP contribution in [0, 0.1) is 23.7 Å². The summed E-state index contributed by atoms with van der Waals surface area (Å²) < 4.78 is 0. The van der Waals surface area contributed by atoms with Crippen LogP contribution in [0.25, 0.3) is 0 Å². The molecular weight excluding hydrogens is 180 g/mol. The van der Waals surface area contributed by atoms with Gasteiger partial charge < -0.3 is 0 Å². The lowest BCUT2D eigenvalue weighted by Gasteiger charge is -2.18. The van der Waals surface area contributed by atoms with Crippen molar-refractivity contribution in [3.63, 3.8) is 0 Å². The molecule has 0 aliphatic heterocycles. The Morgan fingerprint density at radius 2 is 0.867 bits per heavy atom. The first-order chi connectivity index (χ1) is 6.91. The van der Waals surface area contributed by atoms with E-state index in [2.05, 4.69) is 41.5 Å². The SMILES string of the molecule is CC(C)CCC(C)CC(C)CCC(C)C. The van der Waals surface area contributed by atoms with Crippen molar-refractivity contribution in [1.82, 2.24) is 0 Å². The average Bonchev–Trinajstić information content (AvgIpc) is 2.11. The second-order valence-corrected chi connectivity index (χ2v) is 6.39. The second kappa shape index (κ2) is 8.19. The van der Waals surface area contributed by atoms with Gasteiger partial charge in [0.2, 0.25) is 0 Å². The molecule has 0 aromatic rings. The summed E-state index contributed by atoms with van der Waals surface area (Å²) in [6.07, 6.45) is 7.07. The molecule has 92 valence electrons. The predicted molar refractivity (Wildman–Crippen MR) is 71.1 cm³/mol. The van der Waals surface area contributed by atoms with Crippen molar-refractivity contribution >= 4 is 0 Å². The fraction of sp³-hybridized carbons (Fsp3) is 1.00. The molecule has 0 aliphatic rings. The molecule has 2 unspecified atom stereocenters. The van der Waals surface area contributed by atoms with E-state index in [0.717, 1.165) is 23.7 Å². The molecule has 15 heavy (non-hydrogen) atoms. The van der Waals surface area contributed by atoms with E-state index in [1.54, 1.807) is 0 Å². The summed E-state index contributed by atoms with van der Waals surface area (Å²) >= 11 is 0. The van der Waals surface area contributed by atoms with Crippen molar-refractivity contribution in [3.05, 3.63) is 0 Å². The van der Waals surface area contributed by atoms with Crippen LogP contribution < -0.4 is 0 Å². The molecular formula is C15H32. The molecule has 0 heterocycles. The predicted octanol–water partition coefficient (Wildman–Crippen LogP) is 5.52. The summed E-state index contributed by atoms with van der Waals surface area (Å²) in [6, 6.07) is 0. The van der Waals surface area contributed by atoms with Crippen LogP contribution in [0.5, 0.6) is 0 Å². The molecule has 0 saturated carbocycles. The Bertz CT molecular complexity index is 119. The first kappa shape index (κ1) is 15.0. The summed E-state index contributed by atoms with van der Waals surface area (Å²) in [5, 5.41) is 0. The Kier molecular flexibility index (Phi) is 8.19. The monoisotopic (exact) mass is 212 g/mol. The van der Waals surface area contributed by atoms with Crippen molar-refractivity contribution in [2.75, 3.05) is 0 Å². The summed E-state index contributed by atoms with van der Waals surface area (Å²) in [5.74, 6) is 3.60. The molecule has 0 bridgehead atoms. The van der Waals surface area contributed by atoms with Gasteiger partial charge in [0.15, 0.2) is 0 Å². The van der Waals surface area contributed by atoms with Gasteiger partial charge in [0.05, 0.1) is 0 Å². The standard InChI is InChI=1S/C15H32/c1-12(2)7-9-14(5)11-15(6)10-8-13(3)4/h12-15H,7-11H2,1-6H3. The molecule has 0 radical (unpaired) electrons. The van der Waals surface area contributed by atoms with Gasteiger partial charge in [-0.3, -0.25) is 0 Å². The van der Waals surface area contributed by atoms with E-state index in [1.807, 2.05) is 0 Å². The normalized spacial score (nSPS) is 16.0. The molecule has 0 fully saturated rings. The molecule has 0 aliphatic carbocycles. The molecule has 0 spiro atoms. The van der Waals surface area contributed by atoms with E-state index in [1.165, 1.54) is 32.1 Å². The summed E-state index contributed by atoms with van der Waals surface area (Å²) in [4.78, 5) is 0. The van der Waals surface area contributed by atoms with Crippen molar-refractivity contribution in [2.45, 2.75) is 73.6 Å². The van der Waals surface area contributed by atoms with Crippen molar-refractivity contribution in [2.24, 2.45) is 23.7 Å². The molecule has 0 aromatic heterocycles. The zero-order valence-electron chi connectivity index (χ0n) is 11.8. The van der Waals surface area contributed by atoms with Gasteiger partial charge >= 0.3 is 0 Å². The van der Waals surface area contributed by atoms with Crippen molar-refractivity contribution in [3.8, 4) is 0 Å². The van der Waals surface area contributed by atoms with Crippen LogP contribution in [0.3, 0.4) is 0 Å². The lowest BCUT2D eigenvalue weighted by atomic mass is 9.88. The summed E-state index contributed by atoms with van der Waals surface area (Å²) in [5.41, 5.74) is 0. The van der Waals surface area contributed by atoms with Crippen LogP contribution in [-0.2, 0) is 0 Å². The lowest BCUT2D eigenvalue weighted by molar-refractivity contribution is 0.338. The molecule has 0 nitrogen and oxygen atoms in total. The van der Waals surface area contributed by atoms with Gasteiger partial charge in [-0.2, -0.15) is 0 Å². The van der Waals surface area contributed by atoms with Gasteiger partial charge in [-0.1, -0.05) is 67.2 Å². The first-order valence-corrected chi connectivity index (χ1v) is 6.91. The Labute approximate surface area is 97.8 Å². The van der Waals surface area contributed by atoms with E-state index >= 15 is 0 Å². The van der Waals surface area contributed by atoms with E-state index in [0.29, 0.717) is 0 Å². The van der Waals surface area contributed by atoms with Gasteiger partial charge in [0.25, 0.3) is 0 Å². The highest BCUT2D eigenvalue weighted by Crippen LogP contribution is 2.23.